The first kappa shape index (κ1) is 13.1. The molecule has 0 saturated heterocycles. The smallest absolute Gasteiger partial charge is 0.0443 e. The molecule has 0 saturated carbocycles. The van der Waals surface area contributed by atoms with Gasteiger partial charge in [-0.05, 0) is 42.6 Å². The van der Waals surface area contributed by atoms with Gasteiger partial charge in [-0.2, -0.15) is 0 Å². The van der Waals surface area contributed by atoms with E-state index < -0.39 is 0 Å². The van der Waals surface area contributed by atoms with E-state index in [0.717, 1.165) is 19.4 Å². The SMILES string of the molecule is CC(Cc1ccc2ccccc2c1)NCCCO. The minimum absolute atomic E-state index is 0.260. The number of hydrogen-bond acceptors (Lipinski definition) is 2. The van der Waals surface area contributed by atoms with Crippen molar-refractivity contribution in [3.8, 4) is 0 Å². The minimum Gasteiger partial charge on any atom is -0.396 e. The number of benzene rings is 2. The van der Waals surface area contributed by atoms with Gasteiger partial charge in [0.1, 0.15) is 0 Å². The summed E-state index contributed by atoms with van der Waals surface area (Å²) < 4.78 is 0. The highest BCUT2D eigenvalue weighted by atomic mass is 16.3. The number of fused-ring (bicyclic) bond motifs is 1. The van der Waals surface area contributed by atoms with Gasteiger partial charge in [0.25, 0.3) is 0 Å². The first-order valence-electron chi connectivity index (χ1n) is 6.61. The van der Waals surface area contributed by atoms with Crippen molar-refractivity contribution in [3.05, 3.63) is 48.0 Å². The van der Waals surface area contributed by atoms with Gasteiger partial charge in [0.2, 0.25) is 0 Å². The van der Waals surface area contributed by atoms with Crippen molar-refractivity contribution in [3.63, 3.8) is 0 Å². The van der Waals surface area contributed by atoms with Gasteiger partial charge in [-0.15, -0.1) is 0 Å². The molecule has 18 heavy (non-hydrogen) atoms. The van der Waals surface area contributed by atoms with E-state index in [1.165, 1.54) is 16.3 Å². The minimum atomic E-state index is 0.260. The molecule has 0 amide bonds. The van der Waals surface area contributed by atoms with Crippen LogP contribution in [0.25, 0.3) is 10.8 Å². The van der Waals surface area contributed by atoms with Crippen LogP contribution in [-0.2, 0) is 6.42 Å². The Morgan fingerprint density at radius 3 is 2.67 bits per heavy atom. The largest absolute Gasteiger partial charge is 0.396 e. The van der Waals surface area contributed by atoms with Crippen LogP contribution in [0.1, 0.15) is 18.9 Å². The fourth-order valence-corrected chi connectivity index (χ4v) is 2.22. The van der Waals surface area contributed by atoms with Crippen LogP contribution < -0.4 is 5.32 Å². The maximum Gasteiger partial charge on any atom is 0.0443 e. The van der Waals surface area contributed by atoms with Crippen LogP contribution in [0.2, 0.25) is 0 Å². The molecule has 96 valence electrons. The molecule has 1 atom stereocenters. The van der Waals surface area contributed by atoms with Crippen LogP contribution in [-0.4, -0.2) is 24.3 Å². The molecule has 0 radical (unpaired) electrons. The summed E-state index contributed by atoms with van der Waals surface area (Å²) in [6.07, 6.45) is 1.85. The molecule has 0 aliphatic carbocycles. The zero-order valence-corrected chi connectivity index (χ0v) is 10.9. The van der Waals surface area contributed by atoms with E-state index in [1.54, 1.807) is 0 Å². The maximum atomic E-state index is 8.75. The van der Waals surface area contributed by atoms with Crippen LogP contribution in [0, 0.1) is 0 Å². The van der Waals surface area contributed by atoms with Crippen LogP contribution >= 0.6 is 0 Å². The second-order valence-electron chi connectivity index (χ2n) is 4.82. The molecule has 1 unspecified atom stereocenters. The van der Waals surface area contributed by atoms with Crippen molar-refractivity contribution >= 4 is 10.8 Å². The fraction of sp³-hybridized carbons (Fsp3) is 0.375. The summed E-state index contributed by atoms with van der Waals surface area (Å²) in [5, 5.41) is 14.8. The zero-order valence-electron chi connectivity index (χ0n) is 10.9. The lowest BCUT2D eigenvalue weighted by atomic mass is 10.0. The highest BCUT2D eigenvalue weighted by Gasteiger charge is 2.03. The summed E-state index contributed by atoms with van der Waals surface area (Å²) >= 11 is 0. The van der Waals surface area contributed by atoms with Gasteiger partial charge in [-0.25, -0.2) is 0 Å². The Labute approximate surface area is 109 Å². The van der Waals surface area contributed by atoms with Crippen LogP contribution in [0.15, 0.2) is 42.5 Å². The highest BCUT2D eigenvalue weighted by Crippen LogP contribution is 2.16. The molecular weight excluding hydrogens is 222 g/mol. The van der Waals surface area contributed by atoms with Crippen LogP contribution in [0.5, 0.6) is 0 Å². The fourth-order valence-electron chi connectivity index (χ4n) is 2.22. The van der Waals surface area contributed by atoms with E-state index in [0.29, 0.717) is 6.04 Å². The predicted octanol–water partition coefficient (Wildman–Crippen LogP) is 2.74. The summed E-state index contributed by atoms with van der Waals surface area (Å²) in [5.41, 5.74) is 1.36. The molecule has 2 N–H and O–H groups in total. The van der Waals surface area contributed by atoms with Gasteiger partial charge < -0.3 is 10.4 Å². The van der Waals surface area contributed by atoms with Crippen molar-refractivity contribution < 1.29 is 5.11 Å². The van der Waals surface area contributed by atoms with E-state index in [9.17, 15) is 0 Å². The first-order chi connectivity index (χ1) is 8.79. The van der Waals surface area contributed by atoms with Crippen molar-refractivity contribution in [2.24, 2.45) is 0 Å². The molecule has 0 heterocycles. The van der Waals surface area contributed by atoms with Gasteiger partial charge in [0, 0.05) is 12.6 Å². The Kier molecular flexibility index (Phi) is 4.73. The molecule has 2 heteroatoms. The Morgan fingerprint density at radius 1 is 1.11 bits per heavy atom. The average Bonchev–Trinajstić information content (AvgIpc) is 2.39. The predicted molar refractivity (Wildman–Crippen MR) is 76.8 cm³/mol. The molecule has 0 aliphatic heterocycles. The maximum absolute atomic E-state index is 8.75. The quantitative estimate of drug-likeness (QED) is 0.765. The summed E-state index contributed by atoms with van der Waals surface area (Å²) in [6.45, 7) is 3.33. The third-order valence-corrected chi connectivity index (χ3v) is 3.18. The third kappa shape index (κ3) is 3.56. The van der Waals surface area contributed by atoms with Crippen molar-refractivity contribution in [2.45, 2.75) is 25.8 Å². The van der Waals surface area contributed by atoms with Gasteiger partial charge >= 0.3 is 0 Å². The summed E-state index contributed by atoms with van der Waals surface area (Å²) in [5.74, 6) is 0. The van der Waals surface area contributed by atoms with E-state index in [1.807, 2.05) is 0 Å². The summed E-state index contributed by atoms with van der Waals surface area (Å²) in [4.78, 5) is 0. The van der Waals surface area contributed by atoms with Crippen molar-refractivity contribution in [1.82, 2.24) is 5.32 Å². The molecule has 0 bridgehead atoms. The molecule has 2 nitrogen and oxygen atoms in total. The zero-order chi connectivity index (χ0) is 12.8. The number of rotatable bonds is 6. The van der Waals surface area contributed by atoms with E-state index in [4.69, 9.17) is 5.11 Å². The second kappa shape index (κ2) is 6.53. The van der Waals surface area contributed by atoms with Gasteiger partial charge in [-0.1, -0.05) is 42.5 Å². The Morgan fingerprint density at radius 2 is 1.89 bits per heavy atom. The van der Waals surface area contributed by atoms with Gasteiger partial charge in [-0.3, -0.25) is 0 Å². The first-order valence-corrected chi connectivity index (χ1v) is 6.61. The monoisotopic (exact) mass is 243 g/mol. The standard InChI is InChI=1S/C16H21NO/c1-13(17-9-4-10-18)11-14-7-8-15-5-2-3-6-16(15)12-14/h2-3,5-8,12-13,17-18H,4,9-11H2,1H3. The molecular formula is C16H21NO. The number of hydrogen-bond donors (Lipinski definition) is 2. The molecule has 0 aromatic heterocycles. The third-order valence-electron chi connectivity index (χ3n) is 3.18. The Balaban J connectivity index is 1.98. The normalized spacial score (nSPS) is 12.8. The van der Waals surface area contributed by atoms with Crippen LogP contribution in [0.4, 0.5) is 0 Å². The lowest BCUT2D eigenvalue weighted by Gasteiger charge is -2.13. The number of nitrogens with one attached hydrogen (secondary N) is 1. The van der Waals surface area contributed by atoms with Gasteiger partial charge in [0.15, 0.2) is 0 Å². The Bertz CT molecular complexity index is 495. The molecule has 0 aliphatic rings. The molecule has 2 rings (SSSR count). The van der Waals surface area contributed by atoms with Crippen molar-refractivity contribution in [2.75, 3.05) is 13.2 Å². The lowest BCUT2D eigenvalue weighted by molar-refractivity contribution is 0.283. The number of aliphatic hydroxyl groups excluding tert-OH is 1. The summed E-state index contributed by atoms with van der Waals surface area (Å²) in [7, 11) is 0. The number of aliphatic hydroxyl groups is 1. The molecule has 2 aromatic carbocycles. The van der Waals surface area contributed by atoms with Gasteiger partial charge in [0.05, 0.1) is 0 Å². The van der Waals surface area contributed by atoms with Crippen LogP contribution in [0.3, 0.4) is 0 Å². The topological polar surface area (TPSA) is 32.3 Å². The molecule has 0 fully saturated rings. The summed E-state index contributed by atoms with van der Waals surface area (Å²) in [6, 6.07) is 15.5. The van der Waals surface area contributed by atoms with Crippen molar-refractivity contribution in [1.29, 1.82) is 0 Å². The molecule has 0 spiro atoms. The average molecular weight is 243 g/mol. The molecule has 2 aromatic rings. The Hall–Kier alpha value is -1.38. The van der Waals surface area contributed by atoms with E-state index >= 15 is 0 Å². The lowest BCUT2D eigenvalue weighted by Crippen LogP contribution is -2.29. The highest BCUT2D eigenvalue weighted by molar-refractivity contribution is 5.82. The van der Waals surface area contributed by atoms with E-state index in [-0.39, 0.29) is 6.61 Å². The van der Waals surface area contributed by atoms with E-state index in [2.05, 4.69) is 54.7 Å². The second-order valence-corrected chi connectivity index (χ2v) is 4.82.